The molecule has 0 saturated heterocycles. The predicted molar refractivity (Wildman–Crippen MR) is 99.6 cm³/mol. The first-order valence-electron chi connectivity index (χ1n) is 9.19. The molecule has 2 N–H and O–H groups in total. The normalized spacial score (nSPS) is 14.8. The number of carbonyl (C=O) groups excluding carboxylic acids is 1. The van der Waals surface area contributed by atoms with Crippen molar-refractivity contribution in [3.05, 3.63) is 47.3 Å². The Hall–Kier alpha value is -2.63. The largest absolute Gasteiger partial charge is 0.481 e. The van der Waals surface area contributed by atoms with Crippen molar-refractivity contribution in [2.45, 2.75) is 57.9 Å². The number of carboxylic acid groups (broad SMARTS) is 1. The molecule has 26 heavy (non-hydrogen) atoms. The van der Waals surface area contributed by atoms with Crippen LogP contribution in [0.2, 0.25) is 0 Å². The van der Waals surface area contributed by atoms with Gasteiger partial charge in [-0.3, -0.25) is 14.3 Å². The summed E-state index contributed by atoms with van der Waals surface area (Å²) in [5.74, 6) is -0.515. The number of hydrogen-bond donors (Lipinski definition) is 2. The van der Waals surface area contributed by atoms with Crippen LogP contribution in [0.15, 0.2) is 30.5 Å². The van der Waals surface area contributed by atoms with Gasteiger partial charge in [-0.25, -0.2) is 0 Å². The number of carboxylic acids is 1. The molecule has 2 aromatic rings. The quantitative estimate of drug-likeness (QED) is 0.749. The first-order chi connectivity index (χ1) is 12.5. The molecule has 1 saturated carbocycles. The number of amides is 1. The van der Waals surface area contributed by atoms with Crippen LogP contribution in [-0.2, 0) is 11.2 Å². The van der Waals surface area contributed by atoms with Gasteiger partial charge in [0.25, 0.3) is 5.91 Å². The molecule has 0 bridgehead atoms. The maximum absolute atomic E-state index is 12.7. The van der Waals surface area contributed by atoms with Crippen molar-refractivity contribution >= 4 is 17.6 Å². The number of carbonyl (C=O) groups is 2. The van der Waals surface area contributed by atoms with Gasteiger partial charge in [-0.15, -0.1) is 0 Å². The standard InChI is InChI=1S/C20H25N3O3/c1-3-13(2)23-19(15-7-8-15)17(12-21-23)20(26)22-16-9-4-14(5-10-16)6-11-18(24)25/h4-5,9-10,12-13,15H,3,6-8,11H2,1-2H3,(H,22,26)(H,24,25). The summed E-state index contributed by atoms with van der Waals surface area (Å²) in [5.41, 5.74) is 3.35. The van der Waals surface area contributed by atoms with E-state index < -0.39 is 5.97 Å². The lowest BCUT2D eigenvalue weighted by atomic mass is 10.1. The number of aryl methyl sites for hydroxylation is 1. The number of aromatic nitrogens is 2. The summed E-state index contributed by atoms with van der Waals surface area (Å²) in [7, 11) is 0. The molecule has 1 aliphatic rings. The van der Waals surface area contributed by atoms with E-state index in [1.807, 2.05) is 28.9 Å². The summed E-state index contributed by atoms with van der Waals surface area (Å²) in [6.45, 7) is 4.24. The highest BCUT2D eigenvalue weighted by molar-refractivity contribution is 6.05. The third-order valence-corrected chi connectivity index (χ3v) is 4.89. The minimum absolute atomic E-state index is 0.102. The minimum Gasteiger partial charge on any atom is -0.481 e. The van der Waals surface area contributed by atoms with Gasteiger partial charge in [-0.1, -0.05) is 19.1 Å². The molecule has 3 rings (SSSR count). The third-order valence-electron chi connectivity index (χ3n) is 4.89. The Labute approximate surface area is 153 Å². The topological polar surface area (TPSA) is 84.2 Å². The fourth-order valence-corrected chi connectivity index (χ4v) is 3.04. The molecule has 1 atom stereocenters. The maximum Gasteiger partial charge on any atom is 0.303 e. The van der Waals surface area contributed by atoms with Crippen molar-refractivity contribution in [1.82, 2.24) is 9.78 Å². The summed E-state index contributed by atoms with van der Waals surface area (Å²) in [6.07, 6.45) is 5.46. The van der Waals surface area contributed by atoms with Crippen LogP contribution >= 0.6 is 0 Å². The molecule has 1 amide bonds. The van der Waals surface area contributed by atoms with E-state index >= 15 is 0 Å². The van der Waals surface area contributed by atoms with Gasteiger partial charge in [0.15, 0.2) is 0 Å². The highest BCUT2D eigenvalue weighted by atomic mass is 16.4. The first kappa shape index (κ1) is 18.2. The van der Waals surface area contributed by atoms with Crippen LogP contribution in [0.3, 0.4) is 0 Å². The molecular weight excluding hydrogens is 330 g/mol. The van der Waals surface area contributed by atoms with Gasteiger partial charge in [0.05, 0.1) is 17.5 Å². The summed E-state index contributed by atoms with van der Waals surface area (Å²) in [6, 6.07) is 7.60. The molecule has 1 aromatic heterocycles. The number of anilines is 1. The fourth-order valence-electron chi connectivity index (χ4n) is 3.04. The van der Waals surface area contributed by atoms with Crippen LogP contribution in [0, 0.1) is 0 Å². The molecule has 6 heteroatoms. The van der Waals surface area contributed by atoms with Crippen LogP contribution in [0.1, 0.15) is 73.1 Å². The summed E-state index contributed by atoms with van der Waals surface area (Å²) >= 11 is 0. The molecule has 138 valence electrons. The highest BCUT2D eigenvalue weighted by Gasteiger charge is 2.33. The molecule has 1 aromatic carbocycles. The van der Waals surface area contributed by atoms with E-state index in [9.17, 15) is 9.59 Å². The van der Waals surface area contributed by atoms with E-state index in [0.29, 0.717) is 23.6 Å². The summed E-state index contributed by atoms with van der Waals surface area (Å²) < 4.78 is 2.00. The zero-order chi connectivity index (χ0) is 18.7. The van der Waals surface area contributed by atoms with Crippen molar-refractivity contribution in [3.8, 4) is 0 Å². The maximum atomic E-state index is 12.7. The lowest BCUT2D eigenvalue weighted by Gasteiger charge is -2.14. The number of benzene rings is 1. The number of nitrogens with one attached hydrogen (secondary N) is 1. The number of rotatable bonds is 8. The summed E-state index contributed by atoms with van der Waals surface area (Å²) in [4.78, 5) is 23.4. The Morgan fingerprint density at radius 3 is 2.58 bits per heavy atom. The van der Waals surface area contributed by atoms with E-state index in [4.69, 9.17) is 5.11 Å². The molecule has 0 radical (unpaired) electrons. The zero-order valence-corrected chi connectivity index (χ0v) is 15.2. The molecular formula is C20H25N3O3. The Balaban J connectivity index is 1.72. The molecule has 1 fully saturated rings. The van der Waals surface area contributed by atoms with E-state index in [-0.39, 0.29) is 18.4 Å². The van der Waals surface area contributed by atoms with Gasteiger partial charge < -0.3 is 10.4 Å². The smallest absolute Gasteiger partial charge is 0.303 e. The van der Waals surface area contributed by atoms with E-state index in [1.165, 1.54) is 0 Å². The second-order valence-corrected chi connectivity index (χ2v) is 6.96. The minimum atomic E-state index is -0.812. The number of hydrogen-bond acceptors (Lipinski definition) is 3. The van der Waals surface area contributed by atoms with Crippen LogP contribution in [0.5, 0.6) is 0 Å². The van der Waals surface area contributed by atoms with Gasteiger partial charge in [0.1, 0.15) is 0 Å². The SMILES string of the molecule is CCC(C)n1ncc(C(=O)Nc2ccc(CCC(=O)O)cc2)c1C1CC1. The number of aliphatic carboxylic acids is 1. The molecule has 1 aliphatic carbocycles. The third kappa shape index (κ3) is 4.12. The average Bonchev–Trinajstić information content (AvgIpc) is 3.38. The van der Waals surface area contributed by atoms with Gasteiger partial charge in [0, 0.05) is 24.1 Å². The van der Waals surface area contributed by atoms with Gasteiger partial charge in [0.2, 0.25) is 0 Å². The number of nitrogens with zero attached hydrogens (tertiary/aromatic N) is 2. The van der Waals surface area contributed by atoms with Crippen molar-refractivity contribution in [3.63, 3.8) is 0 Å². The molecule has 1 unspecified atom stereocenters. The van der Waals surface area contributed by atoms with E-state index in [2.05, 4.69) is 24.3 Å². The molecule has 0 aliphatic heterocycles. The fraction of sp³-hybridized carbons (Fsp3) is 0.450. The Morgan fingerprint density at radius 1 is 1.31 bits per heavy atom. The lowest BCUT2D eigenvalue weighted by molar-refractivity contribution is -0.136. The second-order valence-electron chi connectivity index (χ2n) is 6.96. The van der Waals surface area contributed by atoms with Gasteiger partial charge in [-0.2, -0.15) is 5.10 Å². The highest BCUT2D eigenvalue weighted by Crippen LogP contribution is 2.42. The Bertz CT molecular complexity index is 791. The zero-order valence-electron chi connectivity index (χ0n) is 15.2. The van der Waals surface area contributed by atoms with Gasteiger partial charge in [-0.05, 0) is 50.3 Å². The molecule has 1 heterocycles. The monoisotopic (exact) mass is 355 g/mol. The van der Waals surface area contributed by atoms with Crippen LogP contribution in [0.25, 0.3) is 0 Å². The van der Waals surface area contributed by atoms with Crippen LogP contribution in [0.4, 0.5) is 5.69 Å². The van der Waals surface area contributed by atoms with Crippen molar-refractivity contribution < 1.29 is 14.7 Å². The lowest BCUT2D eigenvalue weighted by Crippen LogP contribution is -2.16. The van der Waals surface area contributed by atoms with E-state index in [0.717, 1.165) is 30.5 Å². The predicted octanol–water partition coefficient (Wildman–Crippen LogP) is 4.00. The van der Waals surface area contributed by atoms with Crippen LogP contribution < -0.4 is 5.32 Å². The second kappa shape index (κ2) is 7.72. The van der Waals surface area contributed by atoms with Crippen molar-refractivity contribution in [2.75, 3.05) is 5.32 Å². The van der Waals surface area contributed by atoms with Crippen molar-refractivity contribution in [2.24, 2.45) is 0 Å². The van der Waals surface area contributed by atoms with Gasteiger partial charge >= 0.3 is 5.97 Å². The van der Waals surface area contributed by atoms with E-state index in [1.54, 1.807) is 6.20 Å². The Morgan fingerprint density at radius 2 is 2.00 bits per heavy atom. The Kier molecular flexibility index (Phi) is 5.40. The average molecular weight is 355 g/mol. The molecule has 0 spiro atoms. The summed E-state index contributed by atoms with van der Waals surface area (Å²) in [5, 5.41) is 16.1. The molecule has 6 nitrogen and oxygen atoms in total. The van der Waals surface area contributed by atoms with Crippen LogP contribution in [-0.4, -0.2) is 26.8 Å². The first-order valence-corrected chi connectivity index (χ1v) is 9.19. The van der Waals surface area contributed by atoms with Crippen molar-refractivity contribution in [1.29, 1.82) is 0 Å².